The number of pyridine rings is 1. The number of benzene rings is 3. The lowest BCUT2D eigenvalue weighted by molar-refractivity contribution is -0.111. The predicted octanol–water partition coefficient (Wildman–Crippen LogP) is 9.26. The second-order valence-corrected chi connectivity index (χ2v) is 17.7. The fraction of sp³-hybridized carbons (Fsp3) is 0.410. The number of amides is 2. The number of fused-ring (bicyclic) bond motifs is 1. The lowest BCUT2D eigenvalue weighted by atomic mass is 9.95. The van der Waals surface area contributed by atoms with Crippen LogP contribution in [0.5, 0.6) is 0 Å². The first kappa shape index (κ1) is 40.4. The van der Waals surface area contributed by atoms with Crippen LogP contribution < -0.4 is 5.32 Å². The first-order valence-electron chi connectivity index (χ1n) is 16.5. The van der Waals surface area contributed by atoms with E-state index in [-0.39, 0.29) is 17.7 Å². The van der Waals surface area contributed by atoms with Gasteiger partial charge in [-0.15, -0.1) is 0 Å². The Morgan fingerprint density at radius 1 is 0.880 bits per heavy atom. The van der Waals surface area contributed by atoms with Crippen molar-refractivity contribution in [3.8, 4) is 0 Å². The van der Waals surface area contributed by atoms with Gasteiger partial charge in [0.2, 0.25) is 6.41 Å². The van der Waals surface area contributed by atoms with Crippen LogP contribution in [0, 0.1) is 11.6 Å². The number of carbonyl (C=O) groups is 2. The third-order valence-corrected chi connectivity index (χ3v) is 11.8. The molecule has 0 atom stereocenters. The maximum Gasteiger partial charge on any atom is 0.410 e. The number of rotatable bonds is 6. The molecule has 0 unspecified atom stereocenters. The van der Waals surface area contributed by atoms with E-state index in [1.165, 1.54) is 21.9 Å². The number of morpholine rings is 1. The van der Waals surface area contributed by atoms with Crippen LogP contribution in [0.4, 0.5) is 13.6 Å². The number of nitrogens with one attached hydrogen (secondary N) is 1. The maximum atomic E-state index is 13.6. The molecular weight excluding hydrogens is 661 g/mol. The van der Waals surface area contributed by atoms with E-state index in [0.29, 0.717) is 43.8 Å². The van der Waals surface area contributed by atoms with Gasteiger partial charge in [0.1, 0.15) is 17.2 Å². The SMILES string of the molecule is CC(C)(C)OC(=O)N1CCOCC1.CC(C)(NC=O)c1ncc(F)c2cc(F)ccc12.COS(c1ccccc1)(c1ccccc1)C(C)(C)C.[HH]. The number of ether oxygens (including phenoxy) is 2. The van der Waals surface area contributed by atoms with Gasteiger partial charge in [-0.3, -0.25) is 9.78 Å². The van der Waals surface area contributed by atoms with Crippen LogP contribution in [-0.4, -0.2) is 66.1 Å². The summed E-state index contributed by atoms with van der Waals surface area (Å²) in [6.45, 7) is 18.3. The van der Waals surface area contributed by atoms with Crippen molar-refractivity contribution in [2.75, 3.05) is 33.4 Å². The zero-order valence-electron chi connectivity index (χ0n) is 30.6. The van der Waals surface area contributed by atoms with Gasteiger partial charge < -0.3 is 23.9 Å². The van der Waals surface area contributed by atoms with Gasteiger partial charge in [-0.25, -0.2) is 13.6 Å². The average Bonchev–Trinajstić information content (AvgIpc) is 3.06. The molecule has 50 heavy (non-hydrogen) atoms. The molecule has 0 aliphatic carbocycles. The van der Waals surface area contributed by atoms with Crippen molar-refractivity contribution in [1.82, 2.24) is 15.2 Å². The van der Waals surface area contributed by atoms with Gasteiger partial charge >= 0.3 is 6.09 Å². The quantitative estimate of drug-likeness (QED) is 0.201. The molecule has 1 N–H and O–H groups in total. The molecule has 11 heteroatoms. The summed E-state index contributed by atoms with van der Waals surface area (Å²) in [5.74, 6) is -1.10. The van der Waals surface area contributed by atoms with Crippen molar-refractivity contribution in [2.24, 2.45) is 0 Å². The molecule has 0 bridgehead atoms. The monoisotopic (exact) mass is 713 g/mol. The third-order valence-electron chi connectivity index (χ3n) is 7.74. The molecule has 1 aliphatic heterocycles. The molecule has 5 rings (SSSR count). The van der Waals surface area contributed by atoms with E-state index < -0.39 is 33.1 Å². The number of hydrogen-bond acceptors (Lipinski definition) is 6. The normalized spacial score (nSPS) is 14.0. The van der Waals surface area contributed by atoms with Crippen LogP contribution in [0.2, 0.25) is 0 Å². The van der Waals surface area contributed by atoms with E-state index in [1.807, 2.05) is 27.9 Å². The molecule has 1 saturated heterocycles. The smallest absolute Gasteiger partial charge is 0.410 e. The molecule has 2 amide bonds. The van der Waals surface area contributed by atoms with Crippen molar-refractivity contribution in [3.05, 3.63) is 102 Å². The first-order chi connectivity index (χ1) is 23.5. The predicted molar refractivity (Wildman–Crippen MR) is 198 cm³/mol. The number of hydrogen-bond donors (Lipinski definition) is 1. The zero-order valence-corrected chi connectivity index (χ0v) is 31.4. The molecular formula is C39H53F2N3O5S. The fourth-order valence-corrected chi connectivity index (χ4v) is 9.13. The van der Waals surface area contributed by atoms with E-state index in [2.05, 4.69) is 91.7 Å². The largest absolute Gasteiger partial charge is 0.444 e. The molecule has 1 aromatic heterocycles. The Morgan fingerprint density at radius 3 is 1.88 bits per heavy atom. The second kappa shape index (κ2) is 17.2. The van der Waals surface area contributed by atoms with E-state index >= 15 is 0 Å². The minimum absolute atomic E-state index is 0. The highest BCUT2D eigenvalue weighted by Crippen LogP contribution is 2.70. The Bertz CT molecular complexity index is 1660. The van der Waals surface area contributed by atoms with Crippen LogP contribution in [0.1, 0.15) is 62.5 Å². The molecule has 0 saturated carbocycles. The highest BCUT2D eigenvalue weighted by atomic mass is 32.3. The average molecular weight is 714 g/mol. The Labute approximate surface area is 298 Å². The van der Waals surface area contributed by atoms with Gasteiger partial charge in [0, 0.05) is 46.9 Å². The van der Waals surface area contributed by atoms with Gasteiger partial charge in [0.05, 0.1) is 30.6 Å². The van der Waals surface area contributed by atoms with Gasteiger partial charge in [-0.1, -0.05) is 46.7 Å². The first-order valence-corrected chi connectivity index (χ1v) is 18.0. The highest BCUT2D eigenvalue weighted by Gasteiger charge is 2.40. The van der Waals surface area contributed by atoms with Crippen LogP contribution in [-0.2, 0) is 24.0 Å². The van der Waals surface area contributed by atoms with Gasteiger partial charge in [-0.05, 0) is 97.9 Å². The topological polar surface area (TPSA) is 90.0 Å². The summed E-state index contributed by atoms with van der Waals surface area (Å²) < 4.78 is 43.3. The minimum atomic E-state index is -1.51. The van der Waals surface area contributed by atoms with Crippen LogP contribution in [0.25, 0.3) is 10.8 Å². The summed E-state index contributed by atoms with van der Waals surface area (Å²) in [7, 11) is 0.326. The van der Waals surface area contributed by atoms with Gasteiger partial charge in [0.25, 0.3) is 0 Å². The van der Waals surface area contributed by atoms with Crippen LogP contribution in [0.3, 0.4) is 0 Å². The van der Waals surface area contributed by atoms with Gasteiger partial charge in [-0.2, -0.15) is 0 Å². The Balaban J connectivity index is 0.000000267. The molecule has 2 heterocycles. The van der Waals surface area contributed by atoms with Crippen molar-refractivity contribution >= 4 is 33.6 Å². The van der Waals surface area contributed by atoms with Crippen molar-refractivity contribution < 1.29 is 33.5 Å². The molecule has 0 spiro atoms. The van der Waals surface area contributed by atoms with E-state index in [1.54, 1.807) is 18.7 Å². The number of carbonyl (C=O) groups excluding carboxylic acids is 2. The molecule has 0 radical (unpaired) electrons. The summed E-state index contributed by atoms with van der Waals surface area (Å²) in [5.41, 5.74) is -0.674. The summed E-state index contributed by atoms with van der Waals surface area (Å²) in [5, 5.41) is 3.24. The molecule has 274 valence electrons. The maximum absolute atomic E-state index is 13.6. The lowest BCUT2D eigenvalue weighted by Gasteiger charge is -2.49. The van der Waals surface area contributed by atoms with Gasteiger partial charge in [0.15, 0.2) is 0 Å². The van der Waals surface area contributed by atoms with E-state index in [9.17, 15) is 18.4 Å². The van der Waals surface area contributed by atoms with Crippen LogP contribution in [0.15, 0.2) is 94.9 Å². The van der Waals surface area contributed by atoms with E-state index in [4.69, 9.17) is 13.7 Å². The van der Waals surface area contributed by atoms with Crippen LogP contribution >= 0.6 is 10.3 Å². The molecule has 1 aliphatic rings. The summed E-state index contributed by atoms with van der Waals surface area (Å²) in [6, 6.07) is 25.0. The Morgan fingerprint density at radius 2 is 1.42 bits per heavy atom. The fourth-order valence-electron chi connectivity index (χ4n) is 5.48. The van der Waals surface area contributed by atoms with Crippen molar-refractivity contribution in [3.63, 3.8) is 0 Å². The van der Waals surface area contributed by atoms with E-state index in [0.717, 1.165) is 12.3 Å². The Kier molecular flexibility index (Phi) is 13.9. The number of aromatic nitrogens is 1. The lowest BCUT2D eigenvalue weighted by Crippen LogP contribution is -2.43. The summed E-state index contributed by atoms with van der Waals surface area (Å²) in [4.78, 5) is 30.3. The summed E-state index contributed by atoms with van der Waals surface area (Å²) in [6.07, 6.45) is 1.35. The summed E-state index contributed by atoms with van der Waals surface area (Å²) >= 11 is 0. The zero-order chi connectivity index (χ0) is 37.2. The third kappa shape index (κ3) is 10.2. The second-order valence-electron chi connectivity index (χ2n) is 14.1. The molecule has 4 aromatic rings. The standard InChI is InChI=1S/C17H22OS.C13H12F2N2O.C9H17NO3.H2/c1-17(2,3)19(18-4,15-11-7-5-8-12-15)16-13-9-6-10-14-16;1-13(2,17-7-18)12-9-4-3-8(14)5-10(9)11(15)6-16-12;1-9(2,3)13-8(11)10-4-6-12-7-5-10;/h5-14H,1-4H3;3-7H,1-2H3,(H,17,18);4-7H2,1-3H3;1H. The Hall–Kier alpha value is -4.06. The molecule has 1 fully saturated rings. The minimum Gasteiger partial charge on any atom is -0.444 e. The van der Waals surface area contributed by atoms with Crippen molar-refractivity contribution in [1.29, 1.82) is 0 Å². The number of nitrogens with zero attached hydrogens (tertiary/aromatic N) is 2. The van der Waals surface area contributed by atoms with Crippen molar-refractivity contribution in [2.45, 2.75) is 81.1 Å². The molecule has 3 aromatic carbocycles. The number of halogens is 2. The highest BCUT2D eigenvalue weighted by molar-refractivity contribution is 8.31. The molecule has 8 nitrogen and oxygen atoms in total.